The Hall–Kier alpha value is -1.84. The average Bonchev–Trinajstić information content (AvgIpc) is 2.61. The molecule has 0 N–H and O–H groups in total. The number of para-hydroxylation sites is 1. The normalized spacial score (nSPS) is 27.7. The van der Waals surface area contributed by atoms with Crippen LogP contribution in [0.5, 0.6) is 5.75 Å². The van der Waals surface area contributed by atoms with Gasteiger partial charge in [-0.2, -0.15) is 0 Å². The van der Waals surface area contributed by atoms with Crippen molar-refractivity contribution in [1.82, 2.24) is 0 Å². The van der Waals surface area contributed by atoms with Gasteiger partial charge in [0.2, 0.25) is 6.10 Å². The fourth-order valence-electron chi connectivity index (χ4n) is 2.09. The third kappa shape index (κ3) is 1.14. The maximum atomic E-state index is 11.5. The van der Waals surface area contributed by atoms with Gasteiger partial charge in [0.25, 0.3) is 0 Å². The van der Waals surface area contributed by atoms with E-state index in [-0.39, 0.29) is 18.3 Å². The van der Waals surface area contributed by atoms with Gasteiger partial charge in [0.1, 0.15) is 5.75 Å². The van der Waals surface area contributed by atoms with Gasteiger partial charge in [-0.3, -0.25) is 4.79 Å². The van der Waals surface area contributed by atoms with E-state index < -0.39 is 12.1 Å². The van der Waals surface area contributed by atoms with Crippen LogP contribution in [0.25, 0.3) is 0 Å². The molecule has 2 heterocycles. The zero-order chi connectivity index (χ0) is 10.4. The molecule has 2 aliphatic heterocycles. The number of benzene rings is 1. The van der Waals surface area contributed by atoms with E-state index >= 15 is 0 Å². The molecule has 0 aromatic heterocycles. The molecule has 1 saturated heterocycles. The molecule has 1 fully saturated rings. The van der Waals surface area contributed by atoms with Gasteiger partial charge in [-0.15, -0.1) is 0 Å². The number of rotatable bonds is 0. The van der Waals surface area contributed by atoms with Crippen molar-refractivity contribution >= 4 is 11.9 Å². The third-order valence-corrected chi connectivity index (χ3v) is 2.77. The molecule has 1 aromatic carbocycles. The Bertz CT molecular complexity index is 452. The van der Waals surface area contributed by atoms with Crippen LogP contribution in [0.3, 0.4) is 0 Å². The molecule has 0 amide bonds. The molecule has 1 aromatic rings. The second-order valence-electron chi connectivity index (χ2n) is 3.68. The van der Waals surface area contributed by atoms with Gasteiger partial charge in [-0.1, -0.05) is 18.2 Å². The van der Waals surface area contributed by atoms with E-state index in [2.05, 4.69) is 0 Å². The van der Waals surface area contributed by atoms with Crippen molar-refractivity contribution in [2.75, 3.05) is 0 Å². The van der Waals surface area contributed by atoms with E-state index in [1.54, 1.807) is 12.1 Å². The second-order valence-corrected chi connectivity index (χ2v) is 3.68. The van der Waals surface area contributed by atoms with Gasteiger partial charge in [0.15, 0.2) is 0 Å². The Morgan fingerprint density at radius 1 is 1.20 bits per heavy atom. The minimum absolute atomic E-state index is 0.171. The first-order valence-electron chi connectivity index (χ1n) is 4.76. The quantitative estimate of drug-likeness (QED) is 0.467. The predicted octanol–water partition coefficient (Wildman–Crippen LogP) is 1.00. The largest absolute Gasteiger partial charge is 0.450 e. The van der Waals surface area contributed by atoms with Crippen molar-refractivity contribution in [2.45, 2.75) is 18.4 Å². The van der Waals surface area contributed by atoms with E-state index in [9.17, 15) is 9.59 Å². The predicted molar refractivity (Wildman–Crippen MR) is 49.3 cm³/mol. The number of hydrogen-bond acceptors (Lipinski definition) is 4. The van der Waals surface area contributed by atoms with Crippen LogP contribution >= 0.6 is 0 Å². The summed E-state index contributed by atoms with van der Waals surface area (Å²) in [6, 6.07) is 7.25. The first kappa shape index (κ1) is 8.47. The lowest BCUT2D eigenvalue weighted by atomic mass is 9.90. The van der Waals surface area contributed by atoms with Crippen molar-refractivity contribution in [3.8, 4) is 5.75 Å². The molecule has 0 spiro atoms. The number of esters is 2. The highest BCUT2D eigenvalue weighted by Gasteiger charge is 2.46. The van der Waals surface area contributed by atoms with Crippen LogP contribution in [-0.2, 0) is 14.3 Å². The lowest BCUT2D eigenvalue weighted by Gasteiger charge is -2.24. The van der Waals surface area contributed by atoms with Crippen LogP contribution in [0.2, 0.25) is 0 Å². The molecule has 4 nitrogen and oxygen atoms in total. The Kier molecular flexibility index (Phi) is 1.59. The average molecular weight is 204 g/mol. The lowest BCUT2D eigenvalue weighted by molar-refractivity contribution is -0.156. The van der Waals surface area contributed by atoms with Gasteiger partial charge < -0.3 is 9.47 Å². The monoisotopic (exact) mass is 204 g/mol. The zero-order valence-corrected chi connectivity index (χ0v) is 7.80. The molecule has 4 heteroatoms. The minimum Gasteiger partial charge on any atom is -0.450 e. The van der Waals surface area contributed by atoms with Crippen LogP contribution in [-0.4, -0.2) is 18.0 Å². The molecule has 2 atom stereocenters. The summed E-state index contributed by atoms with van der Waals surface area (Å²) < 4.78 is 10.00. The van der Waals surface area contributed by atoms with Crippen molar-refractivity contribution < 1.29 is 19.1 Å². The molecule has 0 saturated carbocycles. The van der Waals surface area contributed by atoms with Crippen molar-refractivity contribution in [3.63, 3.8) is 0 Å². The highest BCUT2D eigenvalue weighted by atomic mass is 16.6. The number of hydrogen-bond donors (Lipinski definition) is 0. The van der Waals surface area contributed by atoms with Crippen LogP contribution in [0.4, 0.5) is 0 Å². The number of fused-ring (bicyclic) bond motifs is 3. The van der Waals surface area contributed by atoms with E-state index in [4.69, 9.17) is 9.47 Å². The summed E-state index contributed by atoms with van der Waals surface area (Å²) in [7, 11) is 0. The first-order valence-corrected chi connectivity index (χ1v) is 4.76. The van der Waals surface area contributed by atoms with Crippen LogP contribution in [0, 0.1) is 0 Å². The van der Waals surface area contributed by atoms with Crippen LogP contribution in [0.1, 0.15) is 17.9 Å². The SMILES string of the molecule is O=C1CC2c3ccccc3OC(=O)C2O1. The molecule has 76 valence electrons. The molecule has 15 heavy (non-hydrogen) atoms. The second kappa shape index (κ2) is 2.82. The fourth-order valence-corrected chi connectivity index (χ4v) is 2.09. The van der Waals surface area contributed by atoms with Gasteiger partial charge in [-0.25, -0.2) is 4.79 Å². The first-order chi connectivity index (χ1) is 7.25. The summed E-state index contributed by atoms with van der Waals surface area (Å²) in [5, 5.41) is 0. The smallest absolute Gasteiger partial charge is 0.353 e. The van der Waals surface area contributed by atoms with Crippen LogP contribution < -0.4 is 4.74 Å². The van der Waals surface area contributed by atoms with Crippen molar-refractivity contribution in [3.05, 3.63) is 29.8 Å². The van der Waals surface area contributed by atoms with Crippen molar-refractivity contribution in [2.24, 2.45) is 0 Å². The van der Waals surface area contributed by atoms with Gasteiger partial charge >= 0.3 is 11.9 Å². The summed E-state index contributed by atoms with van der Waals surface area (Å²) in [6.07, 6.45) is -0.482. The number of carbonyl (C=O) groups excluding carboxylic acids is 2. The summed E-state index contributed by atoms with van der Waals surface area (Å²) in [4.78, 5) is 22.6. The molecule has 2 aliphatic rings. The molecule has 2 unspecified atom stereocenters. The van der Waals surface area contributed by atoms with Crippen molar-refractivity contribution in [1.29, 1.82) is 0 Å². The topological polar surface area (TPSA) is 52.6 Å². The van der Waals surface area contributed by atoms with Gasteiger partial charge in [0.05, 0.1) is 6.42 Å². The maximum absolute atomic E-state index is 11.5. The highest BCUT2D eigenvalue weighted by molar-refractivity contribution is 5.88. The Morgan fingerprint density at radius 3 is 2.87 bits per heavy atom. The Morgan fingerprint density at radius 2 is 2.00 bits per heavy atom. The fraction of sp³-hybridized carbons (Fsp3) is 0.273. The molecule has 0 bridgehead atoms. The van der Waals surface area contributed by atoms with Gasteiger partial charge in [-0.05, 0) is 6.07 Å². The summed E-state index contributed by atoms with van der Waals surface area (Å²) in [5.41, 5.74) is 0.882. The molecular formula is C11H8O4. The third-order valence-electron chi connectivity index (χ3n) is 2.77. The van der Waals surface area contributed by atoms with E-state index in [0.717, 1.165) is 5.56 Å². The number of ether oxygens (including phenoxy) is 2. The Labute approximate surface area is 85.8 Å². The minimum atomic E-state index is -0.743. The molecule has 0 aliphatic carbocycles. The molecular weight excluding hydrogens is 196 g/mol. The van der Waals surface area contributed by atoms with E-state index in [1.165, 1.54) is 0 Å². The van der Waals surface area contributed by atoms with E-state index in [0.29, 0.717) is 5.75 Å². The lowest BCUT2D eigenvalue weighted by Crippen LogP contribution is -2.34. The highest BCUT2D eigenvalue weighted by Crippen LogP contribution is 2.41. The van der Waals surface area contributed by atoms with Crippen LogP contribution in [0.15, 0.2) is 24.3 Å². The summed E-state index contributed by atoms with van der Waals surface area (Å²) >= 11 is 0. The van der Waals surface area contributed by atoms with E-state index in [1.807, 2.05) is 12.1 Å². The maximum Gasteiger partial charge on any atom is 0.353 e. The molecule has 3 rings (SSSR count). The number of carbonyl (C=O) groups is 2. The standard InChI is InChI=1S/C11H8O4/c12-9-5-7-6-3-1-2-4-8(6)14-11(13)10(7)15-9/h1-4,7,10H,5H2. The summed E-state index contributed by atoms with van der Waals surface area (Å²) in [6.45, 7) is 0. The molecule has 0 radical (unpaired) electrons. The zero-order valence-electron chi connectivity index (χ0n) is 7.80. The van der Waals surface area contributed by atoms with Gasteiger partial charge in [0, 0.05) is 11.5 Å². The summed E-state index contributed by atoms with van der Waals surface area (Å²) in [5.74, 6) is -0.430. The Balaban J connectivity index is 2.11.